The molecule has 0 radical (unpaired) electrons. The monoisotopic (exact) mass is 266 g/mol. The number of hydrogen-bond donors (Lipinski definition) is 1. The predicted octanol–water partition coefficient (Wildman–Crippen LogP) is 1.67. The van der Waals surface area contributed by atoms with Gasteiger partial charge < -0.3 is 15.4 Å². The zero-order chi connectivity index (χ0) is 13.8. The summed E-state index contributed by atoms with van der Waals surface area (Å²) < 4.78 is 18.5. The molecular formula is C14H19FN2O2. The fourth-order valence-electron chi connectivity index (χ4n) is 2.25. The Morgan fingerprint density at radius 2 is 2.26 bits per heavy atom. The summed E-state index contributed by atoms with van der Waals surface area (Å²) in [7, 11) is 1.43. The molecule has 1 fully saturated rings. The van der Waals surface area contributed by atoms with Crippen molar-refractivity contribution >= 4 is 5.91 Å². The maximum absolute atomic E-state index is 13.6. The highest BCUT2D eigenvalue weighted by molar-refractivity contribution is 5.76. The van der Waals surface area contributed by atoms with Crippen LogP contribution >= 0.6 is 0 Å². The molecule has 1 atom stereocenters. The van der Waals surface area contributed by atoms with E-state index in [0.29, 0.717) is 19.5 Å². The van der Waals surface area contributed by atoms with Crippen LogP contribution in [0, 0.1) is 5.82 Å². The van der Waals surface area contributed by atoms with E-state index in [-0.39, 0.29) is 17.7 Å². The maximum atomic E-state index is 13.6. The number of halogens is 1. The van der Waals surface area contributed by atoms with Gasteiger partial charge in [0, 0.05) is 25.6 Å². The molecule has 0 bridgehead atoms. The van der Waals surface area contributed by atoms with Crippen molar-refractivity contribution in [1.29, 1.82) is 0 Å². The molecule has 104 valence electrons. The van der Waals surface area contributed by atoms with E-state index < -0.39 is 5.82 Å². The minimum atomic E-state index is -0.404. The van der Waals surface area contributed by atoms with E-state index in [9.17, 15) is 9.18 Å². The number of rotatable bonds is 3. The maximum Gasteiger partial charge on any atom is 0.222 e. The van der Waals surface area contributed by atoms with Crippen LogP contribution in [0.15, 0.2) is 18.2 Å². The van der Waals surface area contributed by atoms with E-state index in [2.05, 4.69) is 0 Å². The first-order valence-corrected chi connectivity index (χ1v) is 6.46. The zero-order valence-electron chi connectivity index (χ0n) is 11.1. The van der Waals surface area contributed by atoms with Crippen LogP contribution in [0.5, 0.6) is 5.75 Å². The van der Waals surface area contributed by atoms with Gasteiger partial charge in [0.15, 0.2) is 11.6 Å². The second-order valence-corrected chi connectivity index (χ2v) is 4.87. The van der Waals surface area contributed by atoms with Crippen molar-refractivity contribution in [2.45, 2.75) is 31.8 Å². The second kappa shape index (κ2) is 6.02. The van der Waals surface area contributed by atoms with Crippen LogP contribution in [0.2, 0.25) is 0 Å². The zero-order valence-corrected chi connectivity index (χ0v) is 11.1. The number of ether oxygens (including phenoxy) is 1. The fourth-order valence-corrected chi connectivity index (χ4v) is 2.25. The molecule has 2 N–H and O–H groups in total. The summed E-state index contributed by atoms with van der Waals surface area (Å²) in [6.07, 6.45) is 2.00. The van der Waals surface area contributed by atoms with Crippen molar-refractivity contribution in [3.05, 3.63) is 29.6 Å². The summed E-state index contributed by atoms with van der Waals surface area (Å²) in [5, 5.41) is 0. The van der Waals surface area contributed by atoms with Crippen molar-refractivity contribution in [3.8, 4) is 5.75 Å². The molecule has 1 aliphatic rings. The van der Waals surface area contributed by atoms with Crippen LogP contribution in [0.1, 0.15) is 24.8 Å². The largest absolute Gasteiger partial charge is 0.494 e. The van der Waals surface area contributed by atoms with Crippen molar-refractivity contribution in [1.82, 2.24) is 4.90 Å². The molecule has 1 saturated heterocycles. The highest BCUT2D eigenvalue weighted by Crippen LogP contribution is 2.20. The van der Waals surface area contributed by atoms with Crippen molar-refractivity contribution in [2.75, 3.05) is 13.7 Å². The van der Waals surface area contributed by atoms with Crippen LogP contribution < -0.4 is 10.5 Å². The Hall–Kier alpha value is -1.62. The van der Waals surface area contributed by atoms with Gasteiger partial charge in [-0.2, -0.15) is 0 Å². The van der Waals surface area contributed by atoms with Gasteiger partial charge in [0.1, 0.15) is 0 Å². The highest BCUT2D eigenvalue weighted by atomic mass is 19.1. The smallest absolute Gasteiger partial charge is 0.222 e. The topological polar surface area (TPSA) is 55.6 Å². The van der Waals surface area contributed by atoms with Crippen LogP contribution in [-0.4, -0.2) is 30.5 Å². The van der Waals surface area contributed by atoms with Crippen molar-refractivity contribution in [2.24, 2.45) is 5.73 Å². The Morgan fingerprint density at radius 1 is 1.47 bits per heavy atom. The van der Waals surface area contributed by atoms with Crippen molar-refractivity contribution < 1.29 is 13.9 Å². The number of nitrogens with two attached hydrogens (primary N) is 1. The van der Waals surface area contributed by atoms with Gasteiger partial charge in [0.05, 0.1) is 7.11 Å². The molecule has 1 aromatic rings. The molecule has 5 heteroatoms. The number of methoxy groups -OCH3 is 1. The quantitative estimate of drug-likeness (QED) is 0.905. The molecule has 1 amide bonds. The van der Waals surface area contributed by atoms with Gasteiger partial charge in [-0.3, -0.25) is 4.79 Å². The third-order valence-electron chi connectivity index (χ3n) is 3.44. The number of hydrogen-bond acceptors (Lipinski definition) is 3. The minimum absolute atomic E-state index is 0.0848. The first-order chi connectivity index (χ1) is 9.10. The molecule has 0 aliphatic carbocycles. The second-order valence-electron chi connectivity index (χ2n) is 4.87. The Morgan fingerprint density at radius 3 is 2.95 bits per heavy atom. The molecule has 1 aliphatic heterocycles. The normalized spacial score (nSPS) is 20.3. The Labute approximate surface area is 112 Å². The molecule has 0 saturated carbocycles. The standard InChI is InChI=1S/C14H19FN2O2/c1-19-13-4-2-10(8-12(13)15)9-17-7-6-11(16)3-5-14(17)18/h2,4,8,11H,3,5-7,9,16H2,1H3. The first-order valence-electron chi connectivity index (χ1n) is 6.46. The summed E-state index contributed by atoms with van der Waals surface area (Å²) in [5.74, 6) is -0.101. The lowest BCUT2D eigenvalue weighted by Crippen LogP contribution is -2.30. The number of amides is 1. The van der Waals surface area contributed by atoms with Gasteiger partial charge in [-0.15, -0.1) is 0 Å². The van der Waals surface area contributed by atoms with Crippen LogP contribution in [0.4, 0.5) is 4.39 Å². The molecule has 1 aromatic carbocycles. The van der Waals surface area contributed by atoms with E-state index in [0.717, 1.165) is 18.4 Å². The molecule has 19 heavy (non-hydrogen) atoms. The van der Waals surface area contributed by atoms with Gasteiger partial charge in [0.2, 0.25) is 5.91 Å². The number of benzene rings is 1. The van der Waals surface area contributed by atoms with Gasteiger partial charge >= 0.3 is 0 Å². The molecule has 0 aromatic heterocycles. The Bertz CT molecular complexity index is 465. The third kappa shape index (κ3) is 3.44. The SMILES string of the molecule is COc1ccc(CN2CCC(N)CCC2=O)cc1F. The fraction of sp³-hybridized carbons (Fsp3) is 0.500. The summed E-state index contributed by atoms with van der Waals surface area (Å²) in [6.45, 7) is 1.06. The van der Waals surface area contributed by atoms with E-state index in [1.54, 1.807) is 17.0 Å². The summed E-state index contributed by atoms with van der Waals surface area (Å²) >= 11 is 0. The number of likely N-dealkylation sites (tertiary alicyclic amines) is 1. The summed E-state index contributed by atoms with van der Waals surface area (Å²) in [5.41, 5.74) is 6.62. The van der Waals surface area contributed by atoms with E-state index in [4.69, 9.17) is 10.5 Å². The molecule has 2 rings (SSSR count). The first kappa shape index (κ1) is 13.8. The third-order valence-corrected chi connectivity index (χ3v) is 3.44. The van der Waals surface area contributed by atoms with Crippen LogP contribution in [0.25, 0.3) is 0 Å². The van der Waals surface area contributed by atoms with E-state index in [1.807, 2.05) is 0 Å². The molecule has 4 nitrogen and oxygen atoms in total. The highest BCUT2D eigenvalue weighted by Gasteiger charge is 2.20. The van der Waals surface area contributed by atoms with E-state index >= 15 is 0 Å². The minimum Gasteiger partial charge on any atom is -0.494 e. The van der Waals surface area contributed by atoms with Crippen molar-refractivity contribution in [3.63, 3.8) is 0 Å². The molecular weight excluding hydrogens is 247 g/mol. The average Bonchev–Trinajstić information content (AvgIpc) is 2.54. The van der Waals surface area contributed by atoms with Crippen LogP contribution in [-0.2, 0) is 11.3 Å². The van der Waals surface area contributed by atoms with Gasteiger partial charge in [-0.25, -0.2) is 4.39 Å². The molecule has 1 unspecified atom stereocenters. The Kier molecular flexibility index (Phi) is 4.37. The molecule has 1 heterocycles. The summed E-state index contributed by atoms with van der Waals surface area (Å²) in [6, 6.07) is 4.86. The predicted molar refractivity (Wildman–Crippen MR) is 70.2 cm³/mol. The average molecular weight is 266 g/mol. The van der Waals surface area contributed by atoms with Crippen LogP contribution in [0.3, 0.4) is 0 Å². The van der Waals surface area contributed by atoms with Gasteiger partial charge in [-0.05, 0) is 30.5 Å². The molecule has 0 spiro atoms. The van der Waals surface area contributed by atoms with Gasteiger partial charge in [0.25, 0.3) is 0 Å². The van der Waals surface area contributed by atoms with E-state index in [1.165, 1.54) is 13.2 Å². The number of carbonyl (C=O) groups is 1. The lowest BCUT2D eigenvalue weighted by molar-refractivity contribution is -0.131. The number of carbonyl (C=O) groups excluding carboxylic acids is 1. The summed E-state index contributed by atoms with van der Waals surface area (Å²) in [4.78, 5) is 13.7. The van der Waals surface area contributed by atoms with Gasteiger partial charge in [-0.1, -0.05) is 6.07 Å². The Balaban J connectivity index is 2.07. The number of nitrogens with zero attached hydrogens (tertiary/aromatic N) is 1. The lowest BCUT2D eigenvalue weighted by Gasteiger charge is -2.21. The lowest BCUT2D eigenvalue weighted by atomic mass is 10.1.